The fourth-order valence-electron chi connectivity index (χ4n) is 3.35. The number of halogens is 2. The Labute approximate surface area is 136 Å². The van der Waals surface area contributed by atoms with Crippen LogP contribution in [0.1, 0.15) is 42.7 Å². The third kappa shape index (κ3) is 2.96. The summed E-state index contributed by atoms with van der Waals surface area (Å²) in [6, 6.07) is 16.4. The fourth-order valence-corrected chi connectivity index (χ4v) is 3.84. The van der Waals surface area contributed by atoms with E-state index >= 15 is 0 Å². The first-order chi connectivity index (χ1) is 10.1. The summed E-state index contributed by atoms with van der Waals surface area (Å²) in [5.74, 6) is 0.598. The molecule has 21 heavy (non-hydrogen) atoms. The van der Waals surface area contributed by atoms with Gasteiger partial charge in [0.1, 0.15) is 0 Å². The Morgan fingerprint density at radius 1 is 0.905 bits per heavy atom. The molecule has 3 rings (SSSR count). The van der Waals surface area contributed by atoms with Gasteiger partial charge in [-0.3, -0.25) is 0 Å². The van der Waals surface area contributed by atoms with Crippen LogP contribution in [0.15, 0.2) is 48.5 Å². The molecule has 1 fully saturated rings. The highest BCUT2D eigenvalue weighted by Crippen LogP contribution is 2.44. The van der Waals surface area contributed by atoms with Crippen LogP contribution in [-0.2, 0) is 5.54 Å². The summed E-state index contributed by atoms with van der Waals surface area (Å²) >= 11 is 12.5. The van der Waals surface area contributed by atoms with E-state index in [4.69, 9.17) is 28.9 Å². The van der Waals surface area contributed by atoms with Crippen molar-refractivity contribution in [2.75, 3.05) is 0 Å². The molecule has 1 nitrogen and oxygen atoms in total. The van der Waals surface area contributed by atoms with Crippen LogP contribution in [0.2, 0.25) is 10.0 Å². The Kier molecular flexibility index (Phi) is 4.26. The molecule has 2 aromatic carbocycles. The van der Waals surface area contributed by atoms with E-state index in [9.17, 15) is 0 Å². The zero-order chi connectivity index (χ0) is 14.9. The summed E-state index contributed by atoms with van der Waals surface area (Å²) in [5.41, 5.74) is 8.70. The van der Waals surface area contributed by atoms with E-state index < -0.39 is 0 Å². The van der Waals surface area contributed by atoms with E-state index in [1.165, 1.54) is 5.56 Å². The van der Waals surface area contributed by atoms with Crippen LogP contribution in [0.25, 0.3) is 0 Å². The molecule has 0 spiro atoms. The van der Waals surface area contributed by atoms with Crippen LogP contribution >= 0.6 is 23.2 Å². The second-order valence-corrected chi connectivity index (χ2v) is 6.73. The lowest BCUT2D eigenvalue weighted by Gasteiger charge is -2.38. The topological polar surface area (TPSA) is 26.0 Å². The second kappa shape index (κ2) is 6.00. The molecule has 2 N–H and O–H groups in total. The summed E-state index contributed by atoms with van der Waals surface area (Å²) in [4.78, 5) is 0. The molecule has 1 saturated carbocycles. The smallest absolute Gasteiger partial charge is 0.0642 e. The van der Waals surface area contributed by atoms with E-state index in [1.54, 1.807) is 0 Å². The van der Waals surface area contributed by atoms with Gasteiger partial charge in [0.15, 0.2) is 0 Å². The van der Waals surface area contributed by atoms with Crippen LogP contribution in [0.3, 0.4) is 0 Å². The number of hydrogen-bond donors (Lipinski definition) is 1. The highest BCUT2D eigenvalue weighted by molar-refractivity contribution is 6.42. The third-order valence-electron chi connectivity index (χ3n) is 4.64. The maximum absolute atomic E-state index is 6.65. The molecule has 110 valence electrons. The monoisotopic (exact) mass is 319 g/mol. The number of hydrogen-bond acceptors (Lipinski definition) is 1. The number of nitrogens with two attached hydrogens (primary N) is 1. The van der Waals surface area contributed by atoms with Crippen molar-refractivity contribution in [3.8, 4) is 0 Å². The average molecular weight is 320 g/mol. The maximum Gasteiger partial charge on any atom is 0.0642 e. The van der Waals surface area contributed by atoms with Gasteiger partial charge in [-0.1, -0.05) is 65.7 Å². The summed E-state index contributed by atoms with van der Waals surface area (Å²) in [7, 11) is 0. The molecule has 0 heterocycles. The summed E-state index contributed by atoms with van der Waals surface area (Å²) < 4.78 is 0. The average Bonchev–Trinajstić information content (AvgIpc) is 2.51. The van der Waals surface area contributed by atoms with Gasteiger partial charge < -0.3 is 5.73 Å². The second-order valence-electron chi connectivity index (χ2n) is 5.94. The van der Waals surface area contributed by atoms with Gasteiger partial charge >= 0.3 is 0 Å². The normalized spacial score (nSPS) is 25.8. The predicted molar refractivity (Wildman–Crippen MR) is 90.0 cm³/mol. The molecular formula is C18H19Cl2N. The van der Waals surface area contributed by atoms with Gasteiger partial charge in [0.05, 0.1) is 10.0 Å². The Morgan fingerprint density at radius 2 is 1.57 bits per heavy atom. The zero-order valence-corrected chi connectivity index (χ0v) is 13.4. The highest BCUT2D eigenvalue weighted by Gasteiger charge is 2.35. The quantitative estimate of drug-likeness (QED) is 0.776. The summed E-state index contributed by atoms with van der Waals surface area (Å²) in [5, 5.41) is 1.20. The van der Waals surface area contributed by atoms with Crippen molar-refractivity contribution in [2.45, 2.75) is 37.1 Å². The van der Waals surface area contributed by atoms with Gasteiger partial charge in [-0.25, -0.2) is 0 Å². The molecule has 0 saturated heterocycles. The van der Waals surface area contributed by atoms with Gasteiger partial charge in [-0.05, 0) is 48.8 Å². The first-order valence-electron chi connectivity index (χ1n) is 7.38. The van der Waals surface area contributed by atoms with Crippen molar-refractivity contribution >= 4 is 23.2 Å². The SMILES string of the molecule is NC1(c2cccc(Cl)c2Cl)CCC(c2ccccc2)CC1. The van der Waals surface area contributed by atoms with Crippen LogP contribution in [-0.4, -0.2) is 0 Å². The van der Waals surface area contributed by atoms with Crippen LogP contribution in [0, 0.1) is 0 Å². The number of benzene rings is 2. The van der Waals surface area contributed by atoms with Crippen LogP contribution < -0.4 is 5.73 Å². The minimum atomic E-state index is -0.354. The van der Waals surface area contributed by atoms with Gasteiger partial charge in [-0.15, -0.1) is 0 Å². The first kappa shape index (κ1) is 14.9. The Hall–Kier alpha value is -1.02. The predicted octanol–water partition coefficient (Wildman–Crippen LogP) is 5.51. The fraction of sp³-hybridized carbons (Fsp3) is 0.333. The van der Waals surface area contributed by atoms with E-state index in [-0.39, 0.29) is 5.54 Å². The van der Waals surface area contributed by atoms with Crippen molar-refractivity contribution in [3.05, 3.63) is 69.7 Å². The summed E-state index contributed by atoms with van der Waals surface area (Å²) in [6.07, 6.45) is 4.05. The molecule has 0 aliphatic heterocycles. The largest absolute Gasteiger partial charge is 0.321 e. The van der Waals surface area contributed by atoms with E-state index in [0.29, 0.717) is 16.0 Å². The van der Waals surface area contributed by atoms with Crippen molar-refractivity contribution in [1.29, 1.82) is 0 Å². The van der Waals surface area contributed by atoms with Crippen LogP contribution in [0.5, 0.6) is 0 Å². The van der Waals surface area contributed by atoms with Gasteiger partial charge in [0.2, 0.25) is 0 Å². The number of rotatable bonds is 2. The highest BCUT2D eigenvalue weighted by atomic mass is 35.5. The maximum atomic E-state index is 6.65. The molecule has 2 aromatic rings. The Bertz CT molecular complexity index is 616. The van der Waals surface area contributed by atoms with Crippen molar-refractivity contribution in [3.63, 3.8) is 0 Å². The standard InChI is InChI=1S/C18H19Cl2N/c19-16-8-4-7-15(17(16)20)18(21)11-9-14(10-12-18)13-5-2-1-3-6-13/h1-8,14H,9-12,21H2. The van der Waals surface area contributed by atoms with Crippen molar-refractivity contribution < 1.29 is 0 Å². The molecular weight excluding hydrogens is 301 g/mol. The van der Waals surface area contributed by atoms with Gasteiger partial charge in [0, 0.05) is 5.54 Å². The molecule has 0 amide bonds. The minimum Gasteiger partial charge on any atom is -0.321 e. The molecule has 0 bridgehead atoms. The molecule has 3 heteroatoms. The van der Waals surface area contributed by atoms with Gasteiger partial charge in [0.25, 0.3) is 0 Å². The molecule has 1 aliphatic carbocycles. The van der Waals surface area contributed by atoms with Crippen molar-refractivity contribution in [2.24, 2.45) is 5.73 Å². The summed E-state index contributed by atoms with van der Waals surface area (Å²) in [6.45, 7) is 0. The molecule has 0 unspecified atom stereocenters. The lowest BCUT2D eigenvalue weighted by molar-refractivity contribution is 0.277. The molecule has 0 aromatic heterocycles. The van der Waals surface area contributed by atoms with E-state index in [1.807, 2.05) is 18.2 Å². The Morgan fingerprint density at radius 3 is 2.24 bits per heavy atom. The minimum absolute atomic E-state index is 0.354. The first-order valence-corrected chi connectivity index (χ1v) is 8.14. The molecule has 0 atom stereocenters. The van der Waals surface area contributed by atoms with E-state index in [0.717, 1.165) is 31.2 Å². The molecule has 0 radical (unpaired) electrons. The van der Waals surface area contributed by atoms with E-state index in [2.05, 4.69) is 30.3 Å². The zero-order valence-electron chi connectivity index (χ0n) is 11.9. The van der Waals surface area contributed by atoms with Gasteiger partial charge in [-0.2, -0.15) is 0 Å². The van der Waals surface area contributed by atoms with Crippen LogP contribution in [0.4, 0.5) is 0 Å². The van der Waals surface area contributed by atoms with Crippen molar-refractivity contribution in [1.82, 2.24) is 0 Å². The Balaban J connectivity index is 1.79. The lowest BCUT2D eigenvalue weighted by atomic mass is 9.71. The third-order valence-corrected chi connectivity index (χ3v) is 5.46. The lowest BCUT2D eigenvalue weighted by Crippen LogP contribution is -2.40. The molecule has 1 aliphatic rings.